The van der Waals surface area contributed by atoms with Crippen LogP contribution in [0.2, 0.25) is 0 Å². The Bertz CT molecular complexity index is 341. The Balaban J connectivity index is 0.000000980. The summed E-state index contributed by atoms with van der Waals surface area (Å²) in [5.41, 5.74) is 6.39. The van der Waals surface area contributed by atoms with Gasteiger partial charge < -0.3 is 10.6 Å². The molecule has 0 spiro atoms. The molecule has 1 aliphatic heterocycles. The number of β-lactam (4-membered cyclic amide) rings is 1. The standard InChI is InChI=1S/C9H9BrN2O.ClH/c10-6-1-3-7(4-2-6)12-5-8(11)9(12)13;/h1-4,8H,5,11H2;1H. The molecule has 0 bridgehead atoms. The van der Waals surface area contributed by atoms with Crippen LogP contribution in [0, 0.1) is 0 Å². The molecule has 0 radical (unpaired) electrons. The summed E-state index contributed by atoms with van der Waals surface area (Å²) in [6.45, 7) is 0.625. The molecule has 1 aromatic carbocycles. The van der Waals surface area contributed by atoms with Gasteiger partial charge in [-0.3, -0.25) is 4.79 Å². The van der Waals surface area contributed by atoms with E-state index in [0.29, 0.717) is 6.54 Å². The second-order valence-electron chi connectivity index (χ2n) is 3.03. The van der Waals surface area contributed by atoms with Crippen molar-refractivity contribution in [1.29, 1.82) is 0 Å². The van der Waals surface area contributed by atoms with E-state index in [9.17, 15) is 4.79 Å². The van der Waals surface area contributed by atoms with Crippen LogP contribution in [0.3, 0.4) is 0 Å². The zero-order valence-corrected chi connectivity index (χ0v) is 9.72. The SMILES string of the molecule is Cl.NC1CN(c2ccc(Br)cc2)C1=O. The van der Waals surface area contributed by atoms with Gasteiger partial charge in [-0.25, -0.2) is 0 Å². The number of hydrogen-bond acceptors (Lipinski definition) is 2. The fourth-order valence-electron chi connectivity index (χ4n) is 1.31. The van der Waals surface area contributed by atoms with Crippen molar-refractivity contribution in [2.24, 2.45) is 5.73 Å². The zero-order chi connectivity index (χ0) is 9.42. The van der Waals surface area contributed by atoms with Gasteiger partial charge in [-0.2, -0.15) is 0 Å². The molecule has 0 aliphatic carbocycles. The van der Waals surface area contributed by atoms with Crippen molar-refractivity contribution >= 4 is 39.9 Å². The number of rotatable bonds is 1. The molecule has 0 aromatic heterocycles. The van der Waals surface area contributed by atoms with E-state index in [1.807, 2.05) is 24.3 Å². The third-order valence-electron chi connectivity index (χ3n) is 2.10. The minimum absolute atomic E-state index is 0. The molecule has 2 rings (SSSR count). The third-order valence-corrected chi connectivity index (χ3v) is 2.63. The second-order valence-corrected chi connectivity index (χ2v) is 3.95. The molecular formula is C9H10BrClN2O. The van der Waals surface area contributed by atoms with Gasteiger partial charge in [0.25, 0.3) is 0 Å². The summed E-state index contributed by atoms with van der Waals surface area (Å²) in [7, 11) is 0. The van der Waals surface area contributed by atoms with Crippen molar-refractivity contribution in [3.8, 4) is 0 Å². The highest BCUT2D eigenvalue weighted by Crippen LogP contribution is 2.22. The smallest absolute Gasteiger partial charge is 0.245 e. The van der Waals surface area contributed by atoms with Crippen LogP contribution in [0.5, 0.6) is 0 Å². The maximum Gasteiger partial charge on any atom is 0.245 e. The van der Waals surface area contributed by atoms with Crippen LogP contribution < -0.4 is 10.6 Å². The van der Waals surface area contributed by atoms with Crippen LogP contribution in [-0.2, 0) is 4.79 Å². The molecule has 1 heterocycles. The molecule has 2 N–H and O–H groups in total. The number of nitrogens with two attached hydrogens (primary N) is 1. The Hall–Kier alpha value is -0.580. The first-order chi connectivity index (χ1) is 6.18. The van der Waals surface area contributed by atoms with Gasteiger partial charge >= 0.3 is 0 Å². The van der Waals surface area contributed by atoms with Crippen molar-refractivity contribution in [2.75, 3.05) is 11.4 Å². The van der Waals surface area contributed by atoms with Crippen molar-refractivity contribution < 1.29 is 4.79 Å². The van der Waals surface area contributed by atoms with E-state index < -0.39 is 0 Å². The first kappa shape index (κ1) is 11.5. The summed E-state index contributed by atoms with van der Waals surface area (Å²) in [5.74, 6) is 0.00215. The van der Waals surface area contributed by atoms with Crippen LogP contribution in [-0.4, -0.2) is 18.5 Å². The molecule has 0 saturated carbocycles. The lowest BCUT2D eigenvalue weighted by molar-refractivity contribution is -0.123. The van der Waals surface area contributed by atoms with E-state index >= 15 is 0 Å². The van der Waals surface area contributed by atoms with Crippen LogP contribution >= 0.6 is 28.3 Å². The van der Waals surface area contributed by atoms with Gasteiger partial charge in [-0.15, -0.1) is 12.4 Å². The predicted octanol–water partition coefficient (Wildman–Crippen LogP) is 1.54. The lowest BCUT2D eigenvalue weighted by Crippen LogP contribution is -2.61. The van der Waals surface area contributed by atoms with Gasteiger partial charge in [0, 0.05) is 10.2 Å². The molecule has 1 fully saturated rings. The third kappa shape index (κ3) is 1.92. The van der Waals surface area contributed by atoms with Crippen LogP contribution in [0.25, 0.3) is 0 Å². The van der Waals surface area contributed by atoms with E-state index in [1.165, 1.54) is 0 Å². The van der Waals surface area contributed by atoms with Gasteiger partial charge in [-0.05, 0) is 24.3 Å². The molecule has 1 unspecified atom stereocenters. The van der Waals surface area contributed by atoms with Crippen molar-refractivity contribution in [3.05, 3.63) is 28.7 Å². The molecule has 1 amide bonds. The second kappa shape index (κ2) is 4.29. The summed E-state index contributed by atoms with van der Waals surface area (Å²) < 4.78 is 1.01. The highest BCUT2D eigenvalue weighted by Gasteiger charge is 2.34. The maximum atomic E-state index is 11.2. The monoisotopic (exact) mass is 276 g/mol. The van der Waals surface area contributed by atoms with Gasteiger partial charge in [0.2, 0.25) is 5.91 Å². The number of benzene rings is 1. The first-order valence-corrected chi connectivity index (χ1v) is 4.80. The van der Waals surface area contributed by atoms with E-state index in [2.05, 4.69) is 15.9 Å². The Morgan fingerprint density at radius 3 is 2.36 bits per heavy atom. The molecule has 76 valence electrons. The van der Waals surface area contributed by atoms with Gasteiger partial charge in [0.05, 0.1) is 6.54 Å². The fourth-order valence-corrected chi connectivity index (χ4v) is 1.57. The largest absolute Gasteiger partial charge is 0.318 e. The number of anilines is 1. The van der Waals surface area contributed by atoms with Gasteiger partial charge in [0.1, 0.15) is 6.04 Å². The normalized spacial score (nSPS) is 20.0. The Morgan fingerprint density at radius 2 is 1.93 bits per heavy atom. The Labute approximate surface area is 96.8 Å². The highest BCUT2D eigenvalue weighted by molar-refractivity contribution is 9.10. The average molecular weight is 278 g/mol. The van der Waals surface area contributed by atoms with E-state index in [-0.39, 0.29) is 24.4 Å². The predicted molar refractivity (Wildman–Crippen MR) is 61.7 cm³/mol. The first-order valence-electron chi connectivity index (χ1n) is 4.01. The van der Waals surface area contributed by atoms with E-state index in [1.54, 1.807) is 4.90 Å². The molecule has 1 aromatic rings. The average Bonchev–Trinajstić information content (AvgIpc) is 2.15. The number of amides is 1. The van der Waals surface area contributed by atoms with E-state index in [4.69, 9.17) is 5.73 Å². The molecule has 1 atom stereocenters. The number of halogens is 2. The van der Waals surface area contributed by atoms with Crippen molar-refractivity contribution in [1.82, 2.24) is 0 Å². The van der Waals surface area contributed by atoms with Crippen molar-refractivity contribution in [2.45, 2.75) is 6.04 Å². The number of carbonyl (C=O) groups excluding carboxylic acids is 1. The van der Waals surface area contributed by atoms with E-state index in [0.717, 1.165) is 10.2 Å². The fraction of sp³-hybridized carbons (Fsp3) is 0.222. The molecule has 5 heteroatoms. The minimum Gasteiger partial charge on any atom is -0.318 e. The summed E-state index contributed by atoms with van der Waals surface area (Å²) in [6.07, 6.45) is 0. The zero-order valence-electron chi connectivity index (χ0n) is 7.31. The molecule has 1 saturated heterocycles. The summed E-state index contributed by atoms with van der Waals surface area (Å²) in [6, 6.07) is 7.31. The van der Waals surface area contributed by atoms with Crippen molar-refractivity contribution in [3.63, 3.8) is 0 Å². The lowest BCUT2D eigenvalue weighted by atomic mass is 10.1. The summed E-state index contributed by atoms with van der Waals surface area (Å²) >= 11 is 3.33. The molecular weight excluding hydrogens is 267 g/mol. The highest BCUT2D eigenvalue weighted by atomic mass is 79.9. The molecule has 3 nitrogen and oxygen atoms in total. The summed E-state index contributed by atoms with van der Waals surface area (Å²) in [4.78, 5) is 12.9. The summed E-state index contributed by atoms with van der Waals surface area (Å²) in [5, 5.41) is 0. The Kier molecular flexibility index (Phi) is 3.53. The lowest BCUT2D eigenvalue weighted by Gasteiger charge is -2.36. The quantitative estimate of drug-likeness (QED) is 0.792. The van der Waals surface area contributed by atoms with Crippen LogP contribution in [0.15, 0.2) is 28.7 Å². The number of carbonyl (C=O) groups is 1. The molecule has 1 aliphatic rings. The number of nitrogens with zero attached hydrogens (tertiary/aromatic N) is 1. The number of hydrogen-bond donors (Lipinski definition) is 1. The minimum atomic E-state index is -0.302. The topological polar surface area (TPSA) is 46.3 Å². The van der Waals surface area contributed by atoms with Gasteiger partial charge in [-0.1, -0.05) is 15.9 Å². The van der Waals surface area contributed by atoms with Gasteiger partial charge in [0.15, 0.2) is 0 Å². The maximum absolute atomic E-state index is 11.2. The molecule has 14 heavy (non-hydrogen) atoms. The van der Waals surface area contributed by atoms with Crippen LogP contribution in [0.4, 0.5) is 5.69 Å². The Morgan fingerprint density at radius 1 is 1.36 bits per heavy atom. The van der Waals surface area contributed by atoms with Crippen LogP contribution in [0.1, 0.15) is 0 Å².